The van der Waals surface area contributed by atoms with Crippen molar-refractivity contribution < 1.29 is 27.4 Å². The van der Waals surface area contributed by atoms with Crippen molar-refractivity contribution >= 4 is 28.9 Å². The first-order chi connectivity index (χ1) is 13.7. The van der Waals surface area contributed by atoms with Crippen molar-refractivity contribution in [2.75, 3.05) is 43.1 Å². The highest BCUT2D eigenvalue weighted by molar-refractivity contribution is 6.31. The standard InChI is InChI=1S/C20H20ClF3N2O3/c1-13-10-15(3-4-17(13)21)29-12-19(27)25-18-5-2-14(11-16(18)20(22,23)24)26-6-8-28-9-7-26/h2-5,10-11H,6-9,12H2,1H3,(H,25,27). The Bertz CT molecular complexity index is 884. The lowest BCUT2D eigenvalue weighted by molar-refractivity contribution is -0.137. The van der Waals surface area contributed by atoms with Gasteiger partial charge in [0.05, 0.1) is 24.5 Å². The summed E-state index contributed by atoms with van der Waals surface area (Å²) in [5.41, 5.74) is -0.0123. The van der Waals surface area contributed by atoms with Crippen molar-refractivity contribution in [2.24, 2.45) is 0 Å². The summed E-state index contributed by atoms with van der Waals surface area (Å²) in [4.78, 5) is 14.0. The van der Waals surface area contributed by atoms with Gasteiger partial charge in [-0.2, -0.15) is 13.2 Å². The van der Waals surface area contributed by atoms with Crippen molar-refractivity contribution in [3.05, 3.63) is 52.5 Å². The van der Waals surface area contributed by atoms with Crippen molar-refractivity contribution in [3.8, 4) is 5.75 Å². The molecule has 0 bridgehead atoms. The zero-order valence-corrected chi connectivity index (χ0v) is 16.4. The Hall–Kier alpha value is -2.45. The first kappa shape index (κ1) is 21.3. The number of rotatable bonds is 5. The molecule has 1 heterocycles. The van der Waals surface area contributed by atoms with Gasteiger partial charge in [-0.1, -0.05) is 11.6 Å². The van der Waals surface area contributed by atoms with E-state index in [0.717, 1.165) is 11.6 Å². The fourth-order valence-corrected chi connectivity index (χ4v) is 3.05. The first-order valence-electron chi connectivity index (χ1n) is 8.97. The maximum atomic E-state index is 13.5. The summed E-state index contributed by atoms with van der Waals surface area (Å²) in [5, 5.41) is 2.84. The highest BCUT2D eigenvalue weighted by Gasteiger charge is 2.35. The first-order valence-corrected chi connectivity index (χ1v) is 9.34. The second-order valence-electron chi connectivity index (χ2n) is 6.57. The number of aryl methyl sites for hydroxylation is 1. The molecule has 0 radical (unpaired) electrons. The largest absolute Gasteiger partial charge is 0.484 e. The predicted octanol–water partition coefficient (Wildman–Crippen LogP) is 4.52. The van der Waals surface area contributed by atoms with Crippen LogP contribution < -0.4 is 15.0 Å². The molecule has 0 atom stereocenters. The molecule has 1 aliphatic heterocycles. The predicted molar refractivity (Wildman–Crippen MR) is 105 cm³/mol. The SMILES string of the molecule is Cc1cc(OCC(=O)Nc2ccc(N3CCOCC3)cc2C(F)(F)F)ccc1Cl. The van der Waals surface area contributed by atoms with Crippen LogP contribution in [0.5, 0.6) is 5.75 Å². The fraction of sp³-hybridized carbons (Fsp3) is 0.350. The summed E-state index contributed by atoms with van der Waals surface area (Å²) >= 11 is 5.93. The molecule has 29 heavy (non-hydrogen) atoms. The maximum Gasteiger partial charge on any atom is 0.418 e. The summed E-state index contributed by atoms with van der Waals surface area (Å²) in [6.45, 7) is 3.29. The monoisotopic (exact) mass is 428 g/mol. The summed E-state index contributed by atoms with van der Waals surface area (Å²) < 4.78 is 51.2. The quantitative estimate of drug-likeness (QED) is 0.760. The minimum absolute atomic E-state index is 0.310. The number of hydrogen-bond donors (Lipinski definition) is 1. The fourth-order valence-electron chi connectivity index (χ4n) is 2.94. The van der Waals surface area contributed by atoms with E-state index >= 15 is 0 Å². The number of halogens is 4. The van der Waals surface area contributed by atoms with Gasteiger partial charge in [0.15, 0.2) is 6.61 Å². The van der Waals surface area contributed by atoms with Crippen LogP contribution in [0.1, 0.15) is 11.1 Å². The highest BCUT2D eigenvalue weighted by Crippen LogP contribution is 2.37. The molecule has 0 unspecified atom stereocenters. The van der Waals surface area contributed by atoms with Gasteiger partial charge >= 0.3 is 6.18 Å². The molecule has 0 aromatic heterocycles. The van der Waals surface area contributed by atoms with E-state index in [2.05, 4.69) is 5.32 Å². The van der Waals surface area contributed by atoms with Crippen LogP contribution in [0.3, 0.4) is 0 Å². The molecule has 9 heteroatoms. The number of nitrogens with zero attached hydrogens (tertiary/aromatic N) is 1. The maximum absolute atomic E-state index is 13.5. The van der Waals surface area contributed by atoms with E-state index in [1.807, 2.05) is 4.90 Å². The number of alkyl halides is 3. The molecule has 0 aliphatic carbocycles. The van der Waals surface area contributed by atoms with Crippen molar-refractivity contribution in [2.45, 2.75) is 13.1 Å². The Morgan fingerprint density at radius 3 is 2.59 bits per heavy atom. The number of hydrogen-bond acceptors (Lipinski definition) is 4. The number of morpholine rings is 1. The normalized spacial score (nSPS) is 14.6. The van der Waals surface area contributed by atoms with Crippen LogP contribution in [0.4, 0.5) is 24.5 Å². The number of ether oxygens (including phenoxy) is 2. The second kappa shape index (κ2) is 8.92. The molecular formula is C20H20ClF3N2O3. The van der Waals surface area contributed by atoms with E-state index < -0.39 is 24.3 Å². The van der Waals surface area contributed by atoms with Crippen LogP contribution in [0.2, 0.25) is 5.02 Å². The van der Waals surface area contributed by atoms with Crippen molar-refractivity contribution in [3.63, 3.8) is 0 Å². The van der Waals surface area contributed by atoms with Gasteiger partial charge in [-0.3, -0.25) is 4.79 Å². The molecule has 3 rings (SSSR count). The Labute approximate surface area is 171 Å². The molecule has 5 nitrogen and oxygen atoms in total. The van der Waals surface area contributed by atoms with Gasteiger partial charge in [0.2, 0.25) is 0 Å². The van der Waals surface area contributed by atoms with Crippen molar-refractivity contribution in [1.29, 1.82) is 0 Å². The summed E-state index contributed by atoms with van der Waals surface area (Å²) in [5.74, 6) is -0.289. The molecular weight excluding hydrogens is 409 g/mol. The average Bonchev–Trinajstić information content (AvgIpc) is 2.69. The second-order valence-corrected chi connectivity index (χ2v) is 6.98. The van der Waals surface area contributed by atoms with Gasteiger partial charge in [0.1, 0.15) is 5.75 Å². The average molecular weight is 429 g/mol. The molecule has 1 amide bonds. The van der Waals surface area contributed by atoms with Crippen LogP contribution in [0.25, 0.3) is 0 Å². The molecule has 2 aromatic carbocycles. The van der Waals surface area contributed by atoms with E-state index in [0.29, 0.717) is 42.8 Å². The van der Waals surface area contributed by atoms with Crippen LogP contribution in [-0.4, -0.2) is 38.8 Å². The van der Waals surface area contributed by atoms with Gasteiger partial charge in [-0.15, -0.1) is 0 Å². The molecule has 1 fully saturated rings. The molecule has 0 saturated carbocycles. The third-order valence-corrected chi connectivity index (χ3v) is 4.88. The van der Waals surface area contributed by atoms with E-state index in [1.54, 1.807) is 31.2 Å². The summed E-state index contributed by atoms with van der Waals surface area (Å²) in [6, 6.07) is 8.72. The minimum Gasteiger partial charge on any atom is -0.484 e. The van der Waals surface area contributed by atoms with E-state index in [-0.39, 0.29) is 5.69 Å². The highest BCUT2D eigenvalue weighted by atomic mass is 35.5. The van der Waals surface area contributed by atoms with E-state index in [1.165, 1.54) is 6.07 Å². The Morgan fingerprint density at radius 1 is 1.21 bits per heavy atom. The lowest BCUT2D eigenvalue weighted by Crippen LogP contribution is -2.36. The van der Waals surface area contributed by atoms with Crippen molar-refractivity contribution in [1.82, 2.24) is 0 Å². The molecule has 1 saturated heterocycles. The Balaban J connectivity index is 1.71. The molecule has 1 aliphatic rings. The smallest absolute Gasteiger partial charge is 0.418 e. The van der Waals surface area contributed by atoms with Crippen LogP contribution in [0.15, 0.2) is 36.4 Å². The number of amides is 1. The van der Waals surface area contributed by atoms with Gasteiger partial charge < -0.3 is 19.7 Å². The molecule has 156 valence electrons. The third-order valence-electron chi connectivity index (χ3n) is 4.46. The van der Waals surface area contributed by atoms with Gasteiger partial charge in [0, 0.05) is 23.8 Å². The third kappa shape index (κ3) is 5.55. The number of nitrogens with one attached hydrogen (secondary N) is 1. The lowest BCUT2D eigenvalue weighted by atomic mass is 10.1. The molecule has 0 spiro atoms. The van der Waals surface area contributed by atoms with Crippen LogP contribution >= 0.6 is 11.6 Å². The summed E-state index contributed by atoms with van der Waals surface area (Å²) in [7, 11) is 0. The lowest BCUT2D eigenvalue weighted by Gasteiger charge is -2.29. The van der Waals surface area contributed by atoms with Crippen LogP contribution in [-0.2, 0) is 15.7 Å². The Morgan fingerprint density at radius 2 is 1.93 bits per heavy atom. The van der Waals surface area contributed by atoms with E-state index in [4.69, 9.17) is 21.1 Å². The topological polar surface area (TPSA) is 50.8 Å². The van der Waals surface area contributed by atoms with Gasteiger partial charge in [0.25, 0.3) is 5.91 Å². The zero-order chi connectivity index (χ0) is 21.0. The Kier molecular flexibility index (Phi) is 6.54. The number of anilines is 2. The van der Waals surface area contributed by atoms with Gasteiger partial charge in [-0.05, 0) is 48.9 Å². The summed E-state index contributed by atoms with van der Waals surface area (Å²) in [6.07, 6.45) is -4.61. The number of carbonyl (C=O) groups excluding carboxylic acids is 1. The van der Waals surface area contributed by atoms with Crippen LogP contribution in [0, 0.1) is 6.92 Å². The van der Waals surface area contributed by atoms with E-state index in [9.17, 15) is 18.0 Å². The van der Waals surface area contributed by atoms with Gasteiger partial charge in [-0.25, -0.2) is 0 Å². The zero-order valence-electron chi connectivity index (χ0n) is 15.7. The number of carbonyl (C=O) groups is 1. The number of benzene rings is 2. The minimum atomic E-state index is -4.61. The molecule has 2 aromatic rings. The molecule has 1 N–H and O–H groups in total.